The third-order valence-corrected chi connectivity index (χ3v) is 4.79. The molecule has 7 nitrogen and oxygen atoms in total. The van der Waals surface area contributed by atoms with Crippen LogP contribution in [0.4, 0.5) is 11.5 Å². The zero-order valence-electron chi connectivity index (χ0n) is 16.5. The van der Waals surface area contributed by atoms with E-state index in [1.165, 1.54) is 11.1 Å². The topological polar surface area (TPSA) is 89.4 Å². The van der Waals surface area contributed by atoms with Crippen LogP contribution in [0.25, 0.3) is 38.1 Å². The zero-order chi connectivity index (χ0) is 21.3. The molecular weight excluding hydrogens is 376 g/mol. The summed E-state index contributed by atoms with van der Waals surface area (Å²) in [6.45, 7) is 7.50. The fourth-order valence-electron chi connectivity index (χ4n) is 3.29. The van der Waals surface area contributed by atoms with E-state index < -0.39 is 0 Å². The molecule has 3 aromatic heterocycles. The molecule has 146 valence electrons. The van der Waals surface area contributed by atoms with Gasteiger partial charge in [0.15, 0.2) is 5.69 Å². The van der Waals surface area contributed by atoms with Gasteiger partial charge in [0.05, 0.1) is 23.3 Å². The number of rotatable bonds is 3. The van der Waals surface area contributed by atoms with Gasteiger partial charge in [0.1, 0.15) is 5.82 Å². The Balaban J connectivity index is 1.84. The van der Waals surface area contributed by atoms with E-state index in [1.807, 2.05) is 24.3 Å². The Hall–Kier alpha value is -4.31. The zero-order valence-corrected chi connectivity index (χ0v) is 16.5. The Labute approximate surface area is 173 Å². The highest BCUT2D eigenvalue weighted by Gasteiger charge is 2.14. The molecule has 0 unspecified atom stereocenters. The third kappa shape index (κ3) is 3.31. The molecule has 0 aliphatic rings. The monoisotopic (exact) mass is 394 g/mol. The number of benzene rings is 1. The number of nitrogens with two attached hydrogens (primary N) is 1. The van der Waals surface area contributed by atoms with E-state index in [1.54, 1.807) is 44.7 Å². The molecule has 0 aliphatic carbocycles. The molecule has 0 radical (unpaired) electrons. The Morgan fingerprint density at radius 1 is 1.03 bits per heavy atom. The first-order valence-corrected chi connectivity index (χ1v) is 9.18. The largest absolute Gasteiger partial charge is 0.383 e. The van der Waals surface area contributed by atoms with Crippen molar-refractivity contribution in [1.82, 2.24) is 19.9 Å². The molecule has 3 heterocycles. The number of nitrogens with zero attached hydrogens (tertiary/aromatic N) is 5. The van der Waals surface area contributed by atoms with Crippen LogP contribution in [0.2, 0.25) is 0 Å². The van der Waals surface area contributed by atoms with E-state index in [2.05, 4.69) is 19.8 Å². The van der Waals surface area contributed by atoms with Crippen molar-refractivity contribution in [2.45, 2.75) is 0 Å². The van der Waals surface area contributed by atoms with Crippen molar-refractivity contribution >= 4 is 28.3 Å². The van der Waals surface area contributed by atoms with Crippen LogP contribution >= 0.6 is 0 Å². The summed E-state index contributed by atoms with van der Waals surface area (Å²) in [6.07, 6.45) is 4.92. The second kappa shape index (κ2) is 7.60. The molecule has 7 heteroatoms. The molecule has 2 N–H and O–H groups in total. The molecule has 0 saturated heterocycles. The number of nitrogen functional groups attached to an aromatic ring is 1. The highest BCUT2D eigenvalue weighted by atomic mass is 16.2. The first-order valence-electron chi connectivity index (χ1n) is 9.18. The van der Waals surface area contributed by atoms with Crippen LogP contribution in [0.1, 0.15) is 10.4 Å². The molecule has 0 aliphatic heterocycles. The Morgan fingerprint density at radius 2 is 1.87 bits per heavy atom. The second-order valence-corrected chi connectivity index (χ2v) is 6.93. The number of carbonyl (C=O) groups is 1. The molecule has 4 rings (SSSR count). The van der Waals surface area contributed by atoms with Gasteiger partial charge in [-0.1, -0.05) is 12.1 Å². The molecule has 0 spiro atoms. The van der Waals surface area contributed by atoms with Gasteiger partial charge in [0, 0.05) is 49.2 Å². The highest BCUT2D eigenvalue weighted by molar-refractivity contribution is 6.03. The van der Waals surface area contributed by atoms with E-state index in [-0.39, 0.29) is 5.91 Å². The number of hydrogen-bond donors (Lipinski definition) is 1. The first-order chi connectivity index (χ1) is 14.5. The van der Waals surface area contributed by atoms with E-state index in [4.69, 9.17) is 12.3 Å². The SMILES string of the molecule is [C-]#[N+]c1cccc2nccc(-c3cnc(N)c(-c4ccc(C(=O)N(C)C)cn4)c3)c12. The average Bonchev–Trinajstić information content (AvgIpc) is 2.78. The lowest BCUT2D eigenvalue weighted by Gasteiger charge is -2.12. The Kier molecular flexibility index (Phi) is 4.82. The van der Waals surface area contributed by atoms with Crippen LogP contribution in [0.5, 0.6) is 0 Å². The highest BCUT2D eigenvalue weighted by Crippen LogP contribution is 2.36. The summed E-state index contributed by atoms with van der Waals surface area (Å²) < 4.78 is 0. The maximum Gasteiger partial charge on any atom is 0.254 e. The molecular formula is C23H18N6O. The second-order valence-electron chi connectivity index (χ2n) is 6.93. The maximum atomic E-state index is 12.1. The molecule has 0 fully saturated rings. The van der Waals surface area contributed by atoms with Crippen molar-refractivity contribution in [3.63, 3.8) is 0 Å². The van der Waals surface area contributed by atoms with Gasteiger partial charge in [-0.05, 0) is 35.9 Å². The number of carbonyl (C=O) groups excluding carboxylic acids is 1. The number of fused-ring (bicyclic) bond motifs is 1. The summed E-state index contributed by atoms with van der Waals surface area (Å²) in [4.78, 5) is 30.4. The lowest BCUT2D eigenvalue weighted by atomic mass is 9.99. The molecule has 0 bridgehead atoms. The summed E-state index contributed by atoms with van der Waals surface area (Å²) in [5.41, 5.74) is 10.8. The fraction of sp³-hybridized carbons (Fsp3) is 0.0870. The van der Waals surface area contributed by atoms with Gasteiger partial charge in [-0.15, -0.1) is 0 Å². The van der Waals surface area contributed by atoms with E-state index >= 15 is 0 Å². The van der Waals surface area contributed by atoms with Gasteiger partial charge < -0.3 is 10.6 Å². The van der Waals surface area contributed by atoms with Crippen LogP contribution in [0.15, 0.2) is 61.1 Å². The van der Waals surface area contributed by atoms with Crippen LogP contribution < -0.4 is 5.73 Å². The van der Waals surface area contributed by atoms with Crippen molar-refractivity contribution in [3.8, 4) is 22.4 Å². The average molecular weight is 394 g/mol. The minimum absolute atomic E-state index is 0.121. The molecule has 1 aromatic carbocycles. The van der Waals surface area contributed by atoms with Crippen molar-refractivity contribution in [2.75, 3.05) is 19.8 Å². The summed E-state index contributed by atoms with van der Waals surface area (Å²) in [6, 6.07) is 12.7. The number of anilines is 1. The van der Waals surface area contributed by atoms with Crippen molar-refractivity contribution in [2.24, 2.45) is 0 Å². The summed E-state index contributed by atoms with van der Waals surface area (Å²) in [5.74, 6) is 0.213. The van der Waals surface area contributed by atoms with Gasteiger partial charge in [-0.2, -0.15) is 0 Å². The van der Waals surface area contributed by atoms with Gasteiger partial charge in [0.2, 0.25) is 0 Å². The van der Waals surface area contributed by atoms with E-state index in [0.29, 0.717) is 28.3 Å². The molecule has 1 amide bonds. The number of pyridine rings is 3. The molecule has 30 heavy (non-hydrogen) atoms. The number of aromatic nitrogens is 3. The first kappa shape index (κ1) is 19.0. The predicted molar refractivity (Wildman–Crippen MR) is 117 cm³/mol. The minimum atomic E-state index is -0.121. The van der Waals surface area contributed by atoms with Gasteiger partial charge in [-0.3, -0.25) is 14.8 Å². The molecule has 0 atom stereocenters. The quantitative estimate of drug-likeness (QED) is 0.526. The van der Waals surface area contributed by atoms with Crippen LogP contribution in [-0.2, 0) is 0 Å². The predicted octanol–water partition coefficient (Wildman–Crippen LogP) is 4.19. The van der Waals surface area contributed by atoms with Crippen molar-refractivity contribution in [3.05, 3.63) is 78.0 Å². The lowest BCUT2D eigenvalue weighted by Crippen LogP contribution is -2.21. The number of hydrogen-bond acceptors (Lipinski definition) is 5. The number of amides is 1. The summed E-state index contributed by atoms with van der Waals surface area (Å²) in [7, 11) is 3.39. The normalized spacial score (nSPS) is 10.6. The van der Waals surface area contributed by atoms with E-state index in [9.17, 15) is 4.79 Å². The Morgan fingerprint density at radius 3 is 2.57 bits per heavy atom. The smallest absolute Gasteiger partial charge is 0.254 e. The maximum absolute atomic E-state index is 12.1. The molecule has 0 saturated carbocycles. The molecule has 4 aromatic rings. The van der Waals surface area contributed by atoms with Crippen molar-refractivity contribution in [1.29, 1.82) is 0 Å². The van der Waals surface area contributed by atoms with Crippen LogP contribution in [-0.4, -0.2) is 39.9 Å². The van der Waals surface area contributed by atoms with Crippen LogP contribution in [0, 0.1) is 6.57 Å². The van der Waals surface area contributed by atoms with E-state index in [0.717, 1.165) is 22.0 Å². The van der Waals surface area contributed by atoms with Gasteiger partial charge >= 0.3 is 0 Å². The van der Waals surface area contributed by atoms with Gasteiger partial charge in [0.25, 0.3) is 5.91 Å². The lowest BCUT2D eigenvalue weighted by molar-refractivity contribution is 0.0827. The van der Waals surface area contributed by atoms with Crippen molar-refractivity contribution < 1.29 is 4.79 Å². The Bertz CT molecular complexity index is 1300. The minimum Gasteiger partial charge on any atom is -0.383 e. The fourth-order valence-corrected chi connectivity index (χ4v) is 3.29. The third-order valence-electron chi connectivity index (χ3n) is 4.79. The summed E-state index contributed by atoms with van der Waals surface area (Å²) >= 11 is 0. The van der Waals surface area contributed by atoms with Gasteiger partial charge in [-0.25, -0.2) is 9.83 Å². The standard InChI is InChI=1S/C23H18N6O/c1-25-19-5-4-6-20-21(19)16(9-10-26-20)15-11-17(22(24)28-13-15)18-8-7-14(12-27-18)23(30)29(2)3/h4-13H,2-3H3,(H2,24,28). The summed E-state index contributed by atoms with van der Waals surface area (Å²) in [5, 5.41) is 0.771. The van der Waals surface area contributed by atoms with Crippen LogP contribution in [0.3, 0.4) is 0 Å².